The monoisotopic (exact) mass is 481 g/mol. The quantitative estimate of drug-likeness (QED) is 0.420. The SMILES string of the molecule is COc1cc(NC(=O)n2nc(Nc3ccc(OCCN4CCCCC4)cc3)nc2N)cc(OC)c1. The lowest BCUT2D eigenvalue weighted by Crippen LogP contribution is -2.33. The minimum atomic E-state index is -0.573. The van der Waals surface area contributed by atoms with Gasteiger partial charge in [-0.05, 0) is 50.2 Å². The molecule has 3 aromatic rings. The van der Waals surface area contributed by atoms with Crippen LogP contribution in [0.15, 0.2) is 42.5 Å². The van der Waals surface area contributed by atoms with Gasteiger partial charge >= 0.3 is 6.03 Å². The van der Waals surface area contributed by atoms with Crippen LogP contribution in [-0.4, -0.2) is 66.2 Å². The molecule has 0 radical (unpaired) electrons. The number of nitrogen functional groups attached to an aromatic ring is 1. The van der Waals surface area contributed by atoms with E-state index in [4.69, 9.17) is 19.9 Å². The van der Waals surface area contributed by atoms with Crippen molar-refractivity contribution < 1.29 is 19.0 Å². The Morgan fingerprint density at radius 3 is 2.31 bits per heavy atom. The highest BCUT2D eigenvalue weighted by molar-refractivity contribution is 5.92. The van der Waals surface area contributed by atoms with Gasteiger partial charge in [0.2, 0.25) is 11.9 Å². The lowest BCUT2D eigenvalue weighted by Gasteiger charge is -2.26. The van der Waals surface area contributed by atoms with Crippen LogP contribution in [0, 0.1) is 0 Å². The molecule has 35 heavy (non-hydrogen) atoms. The third-order valence-electron chi connectivity index (χ3n) is 5.66. The summed E-state index contributed by atoms with van der Waals surface area (Å²) in [5.41, 5.74) is 7.12. The summed E-state index contributed by atoms with van der Waals surface area (Å²) in [6.07, 6.45) is 3.87. The van der Waals surface area contributed by atoms with Gasteiger partial charge in [-0.3, -0.25) is 4.90 Å². The minimum Gasteiger partial charge on any atom is -0.497 e. The van der Waals surface area contributed by atoms with Gasteiger partial charge in [-0.1, -0.05) is 6.42 Å². The summed E-state index contributed by atoms with van der Waals surface area (Å²) in [5.74, 6) is 2.00. The van der Waals surface area contributed by atoms with Crippen LogP contribution in [0.2, 0.25) is 0 Å². The molecule has 1 saturated heterocycles. The van der Waals surface area contributed by atoms with Crippen LogP contribution in [0.4, 0.5) is 28.1 Å². The van der Waals surface area contributed by atoms with Crippen molar-refractivity contribution in [3.05, 3.63) is 42.5 Å². The molecule has 2 aromatic carbocycles. The predicted octanol–water partition coefficient (Wildman–Crippen LogP) is 3.57. The summed E-state index contributed by atoms with van der Waals surface area (Å²) >= 11 is 0. The number of aromatic nitrogens is 3. The number of methoxy groups -OCH3 is 2. The molecule has 4 N–H and O–H groups in total. The molecule has 0 spiro atoms. The minimum absolute atomic E-state index is 0.0578. The van der Waals surface area contributed by atoms with Gasteiger partial charge in [-0.15, -0.1) is 9.78 Å². The molecule has 4 rings (SSSR count). The molecule has 1 fully saturated rings. The summed E-state index contributed by atoms with van der Waals surface area (Å²) in [5, 5.41) is 9.93. The van der Waals surface area contributed by atoms with Gasteiger partial charge in [-0.25, -0.2) is 4.79 Å². The number of hydrogen-bond acceptors (Lipinski definition) is 9. The molecule has 0 aliphatic carbocycles. The molecule has 0 atom stereocenters. The lowest BCUT2D eigenvalue weighted by atomic mass is 10.1. The van der Waals surface area contributed by atoms with E-state index in [1.54, 1.807) is 18.2 Å². The Hall–Kier alpha value is -3.99. The molecule has 1 amide bonds. The number of piperidine rings is 1. The second-order valence-corrected chi connectivity index (χ2v) is 8.14. The van der Waals surface area contributed by atoms with Gasteiger partial charge in [0.1, 0.15) is 23.9 Å². The normalized spacial score (nSPS) is 13.8. The summed E-state index contributed by atoms with van der Waals surface area (Å²) < 4.78 is 17.3. The maximum atomic E-state index is 12.7. The second kappa shape index (κ2) is 11.4. The number of nitrogens with one attached hydrogen (secondary N) is 2. The maximum Gasteiger partial charge on any atom is 0.349 e. The van der Waals surface area contributed by atoms with Crippen LogP contribution in [0.5, 0.6) is 17.2 Å². The van der Waals surface area contributed by atoms with Crippen molar-refractivity contribution in [1.82, 2.24) is 19.7 Å². The van der Waals surface area contributed by atoms with Gasteiger partial charge in [0.05, 0.1) is 14.2 Å². The number of amides is 1. The van der Waals surface area contributed by atoms with Crippen molar-refractivity contribution in [1.29, 1.82) is 0 Å². The number of likely N-dealkylation sites (tertiary alicyclic amines) is 1. The zero-order chi connectivity index (χ0) is 24.6. The average Bonchev–Trinajstić information content (AvgIpc) is 3.25. The van der Waals surface area contributed by atoms with Gasteiger partial charge in [0, 0.05) is 36.1 Å². The highest BCUT2D eigenvalue weighted by Crippen LogP contribution is 2.26. The first-order valence-corrected chi connectivity index (χ1v) is 11.5. The van der Waals surface area contributed by atoms with Crippen molar-refractivity contribution >= 4 is 29.3 Å². The Bertz CT molecular complexity index is 1110. The van der Waals surface area contributed by atoms with Crippen LogP contribution in [0.1, 0.15) is 19.3 Å². The number of rotatable bonds is 9. The number of benzene rings is 2. The van der Waals surface area contributed by atoms with Gasteiger partial charge in [0.25, 0.3) is 0 Å². The van der Waals surface area contributed by atoms with Crippen molar-refractivity contribution in [2.45, 2.75) is 19.3 Å². The van der Waals surface area contributed by atoms with E-state index >= 15 is 0 Å². The zero-order valence-corrected chi connectivity index (χ0v) is 20.0. The number of nitrogens with zero attached hydrogens (tertiary/aromatic N) is 4. The number of ether oxygens (including phenoxy) is 3. The second-order valence-electron chi connectivity index (χ2n) is 8.14. The van der Waals surface area contributed by atoms with E-state index in [9.17, 15) is 4.79 Å². The van der Waals surface area contributed by atoms with E-state index in [0.29, 0.717) is 23.8 Å². The first-order valence-electron chi connectivity index (χ1n) is 11.5. The third kappa shape index (κ3) is 6.54. The predicted molar refractivity (Wildman–Crippen MR) is 134 cm³/mol. The molecular weight excluding hydrogens is 450 g/mol. The number of anilines is 4. The summed E-state index contributed by atoms with van der Waals surface area (Å²) in [7, 11) is 3.06. The zero-order valence-electron chi connectivity index (χ0n) is 20.0. The van der Waals surface area contributed by atoms with Crippen LogP contribution >= 0.6 is 0 Å². The molecule has 11 heteroatoms. The number of hydrogen-bond donors (Lipinski definition) is 3. The Kier molecular flexibility index (Phi) is 7.88. The van der Waals surface area contributed by atoms with Gasteiger partial charge in [0.15, 0.2) is 0 Å². The highest BCUT2D eigenvalue weighted by Gasteiger charge is 2.15. The summed E-state index contributed by atoms with van der Waals surface area (Å²) in [6, 6.07) is 11.9. The first kappa shape index (κ1) is 24.1. The fourth-order valence-electron chi connectivity index (χ4n) is 3.82. The van der Waals surface area contributed by atoms with Crippen molar-refractivity contribution in [2.75, 3.05) is 56.8 Å². The lowest BCUT2D eigenvalue weighted by molar-refractivity contribution is 0.183. The van der Waals surface area contributed by atoms with E-state index in [1.165, 1.54) is 33.5 Å². The topological polar surface area (TPSA) is 129 Å². The maximum absolute atomic E-state index is 12.7. The number of carbonyl (C=O) groups is 1. The number of nitrogens with two attached hydrogens (primary N) is 1. The molecular formula is C24H31N7O4. The van der Waals surface area contributed by atoms with Crippen LogP contribution in [0.3, 0.4) is 0 Å². The van der Waals surface area contributed by atoms with E-state index in [-0.39, 0.29) is 11.9 Å². The van der Waals surface area contributed by atoms with Gasteiger partial charge < -0.3 is 30.6 Å². The fraction of sp³-hybridized carbons (Fsp3) is 0.375. The van der Waals surface area contributed by atoms with Crippen molar-refractivity contribution in [3.63, 3.8) is 0 Å². The molecule has 2 heterocycles. The largest absolute Gasteiger partial charge is 0.497 e. The fourth-order valence-corrected chi connectivity index (χ4v) is 3.82. The van der Waals surface area contributed by atoms with Crippen LogP contribution < -0.4 is 30.6 Å². The molecule has 0 unspecified atom stereocenters. The Balaban J connectivity index is 1.33. The van der Waals surface area contributed by atoms with E-state index in [1.807, 2.05) is 24.3 Å². The smallest absolute Gasteiger partial charge is 0.349 e. The van der Waals surface area contributed by atoms with E-state index in [2.05, 4.69) is 25.6 Å². The Labute approximate surface area is 204 Å². The van der Waals surface area contributed by atoms with Crippen LogP contribution in [-0.2, 0) is 0 Å². The third-order valence-corrected chi connectivity index (χ3v) is 5.66. The molecule has 11 nitrogen and oxygen atoms in total. The molecule has 0 bridgehead atoms. The van der Waals surface area contributed by atoms with Crippen molar-refractivity contribution in [3.8, 4) is 17.2 Å². The molecule has 1 aliphatic rings. The highest BCUT2D eigenvalue weighted by atomic mass is 16.5. The van der Waals surface area contributed by atoms with E-state index < -0.39 is 6.03 Å². The molecule has 1 aromatic heterocycles. The van der Waals surface area contributed by atoms with E-state index in [0.717, 1.165) is 35.8 Å². The molecule has 1 aliphatic heterocycles. The van der Waals surface area contributed by atoms with Crippen molar-refractivity contribution in [2.24, 2.45) is 0 Å². The molecule has 0 saturated carbocycles. The first-order chi connectivity index (χ1) is 17.0. The molecule has 186 valence electrons. The standard InChI is InChI=1S/C24H31N7O4/c1-33-20-14-18(15-21(16-20)34-2)27-24(32)31-22(25)28-23(29-31)26-17-6-8-19(9-7-17)35-13-12-30-10-4-3-5-11-30/h6-9,14-16H,3-5,10-13H2,1-2H3,(H,27,32)(H3,25,26,28,29). The summed E-state index contributed by atoms with van der Waals surface area (Å²) in [4.78, 5) is 19.3. The number of carbonyl (C=O) groups excluding carboxylic acids is 1. The van der Waals surface area contributed by atoms with Crippen LogP contribution in [0.25, 0.3) is 0 Å². The summed E-state index contributed by atoms with van der Waals surface area (Å²) in [6.45, 7) is 3.90. The van der Waals surface area contributed by atoms with Gasteiger partial charge in [-0.2, -0.15) is 4.98 Å². The average molecular weight is 482 g/mol. The Morgan fingerprint density at radius 2 is 1.66 bits per heavy atom. The Morgan fingerprint density at radius 1 is 0.971 bits per heavy atom.